The van der Waals surface area contributed by atoms with E-state index in [4.69, 9.17) is 13.9 Å². The molecule has 1 amide bonds. The normalized spacial score (nSPS) is 17.6. The van der Waals surface area contributed by atoms with Crippen LogP contribution in [0.4, 0.5) is 0 Å². The zero-order chi connectivity index (χ0) is 26.6. The van der Waals surface area contributed by atoms with E-state index in [0.29, 0.717) is 23.6 Å². The van der Waals surface area contributed by atoms with Crippen molar-refractivity contribution in [3.05, 3.63) is 60.0 Å². The first-order valence-corrected chi connectivity index (χ1v) is 14.2. The fourth-order valence-electron chi connectivity index (χ4n) is 5.92. The number of aromatic nitrogens is 1. The largest absolute Gasteiger partial charge is 0.493 e. The summed E-state index contributed by atoms with van der Waals surface area (Å²) in [7, 11) is 1.63. The second-order valence-corrected chi connectivity index (χ2v) is 10.8. The van der Waals surface area contributed by atoms with Crippen LogP contribution in [-0.2, 0) is 6.61 Å². The smallest absolute Gasteiger partial charge is 0.267 e. The lowest BCUT2D eigenvalue weighted by molar-refractivity contribution is 0.0901. The minimum absolute atomic E-state index is 0.0585. The molecule has 39 heavy (non-hydrogen) atoms. The van der Waals surface area contributed by atoms with Crippen LogP contribution in [0.3, 0.4) is 0 Å². The third-order valence-corrected chi connectivity index (χ3v) is 8.22. The molecule has 2 aromatic heterocycles. The molecule has 2 saturated heterocycles. The number of likely N-dealkylation sites (tertiary alicyclic amines) is 2. The summed E-state index contributed by atoms with van der Waals surface area (Å²) in [5.41, 5.74) is 3.10. The van der Waals surface area contributed by atoms with E-state index in [0.717, 1.165) is 60.1 Å². The molecule has 0 unspecified atom stereocenters. The highest BCUT2D eigenvalue weighted by Gasteiger charge is 2.23. The van der Waals surface area contributed by atoms with Gasteiger partial charge in [0.1, 0.15) is 18.1 Å². The minimum atomic E-state index is -0.0585. The average Bonchev–Trinajstić information content (AvgIpc) is 3.61. The van der Waals surface area contributed by atoms with Gasteiger partial charge in [0, 0.05) is 54.1 Å². The maximum Gasteiger partial charge on any atom is 0.267 e. The molecule has 2 fully saturated rings. The third kappa shape index (κ3) is 5.77. The number of carbonyl (C=O) groups is 1. The first-order valence-electron chi connectivity index (χ1n) is 14.2. The molecule has 4 heterocycles. The fourth-order valence-corrected chi connectivity index (χ4v) is 5.92. The molecule has 2 aromatic carbocycles. The fraction of sp³-hybridized carbons (Fsp3) is 0.452. The van der Waals surface area contributed by atoms with Crippen molar-refractivity contribution in [3.8, 4) is 11.5 Å². The van der Waals surface area contributed by atoms with Gasteiger partial charge in [0.2, 0.25) is 0 Å². The molecule has 6 rings (SSSR count). The Balaban J connectivity index is 1.05. The maximum atomic E-state index is 13.1. The quantitative estimate of drug-likeness (QED) is 0.310. The van der Waals surface area contributed by atoms with Gasteiger partial charge in [-0.25, -0.2) is 0 Å². The van der Waals surface area contributed by atoms with Gasteiger partial charge < -0.3 is 34.0 Å². The van der Waals surface area contributed by atoms with E-state index < -0.39 is 0 Å². The van der Waals surface area contributed by atoms with Crippen molar-refractivity contribution < 1.29 is 18.7 Å². The summed E-state index contributed by atoms with van der Waals surface area (Å²) in [6.07, 6.45) is 7.75. The molecule has 2 aliphatic rings. The Morgan fingerprint density at radius 1 is 0.974 bits per heavy atom. The van der Waals surface area contributed by atoms with Crippen molar-refractivity contribution in [2.75, 3.05) is 46.4 Å². The lowest BCUT2D eigenvalue weighted by atomic mass is 10.0. The molecule has 0 bridgehead atoms. The van der Waals surface area contributed by atoms with E-state index in [2.05, 4.69) is 20.1 Å². The van der Waals surface area contributed by atoms with Gasteiger partial charge in [-0.2, -0.15) is 0 Å². The number of ether oxygens (including phenoxy) is 2. The van der Waals surface area contributed by atoms with Crippen LogP contribution >= 0.6 is 0 Å². The Morgan fingerprint density at radius 3 is 2.51 bits per heavy atom. The van der Waals surface area contributed by atoms with Crippen molar-refractivity contribution >= 4 is 27.8 Å². The number of benzene rings is 2. The van der Waals surface area contributed by atoms with Gasteiger partial charge in [-0.05, 0) is 63.0 Å². The highest BCUT2D eigenvalue weighted by Crippen LogP contribution is 2.32. The number of amides is 1. The zero-order valence-corrected chi connectivity index (χ0v) is 22.7. The Hall–Kier alpha value is -3.49. The number of H-pyrrole nitrogens is 1. The molecule has 8 nitrogen and oxygen atoms in total. The van der Waals surface area contributed by atoms with Crippen LogP contribution in [0.5, 0.6) is 11.5 Å². The maximum absolute atomic E-state index is 13.1. The Bertz CT molecular complexity index is 1410. The van der Waals surface area contributed by atoms with Gasteiger partial charge in [-0.3, -0.25) is 4.79 Å². The third-order valence-electron chi connectivity index (χ3n) is 8.22. The summed E-state index contributed by atoms with van der Waals surface area (Å²) in [5.74, 6) is 1.36. The number of nitrogens with zero attached hydrogens (tertiary/aromatic N) is 2. The van der Waals surface area contributed by atoms with Crippen LogP contribution in [0.15, 0.2) is 53.1 Å². The summed E-state index contributed by atoms with van der Waals surface area (Å²) in [6, 6.07) is 13.8. The summed E-state index contributed by atoms with van der Waals surface area (Å²) >= 11 is 0. The molecule has 4 aromatic rings. The molecule has 206 valence electrons. The molecule has 2 N–H and O–H groups in total. The van der Waals surface area contributed by atoms with E-state index >= 15 is 0 Å². The van der Waals surface area contributed by atoms with Crippen LogP contribution < -0.4 is 14.8 Å². The van der Waals surface area contributed by atoms with Crippen LogP contribution in [-0.4, -0.2) is 73.1 Å². The second kappa shape index (κ2) is 11.7. The Morgan fingerprint density at radius 2 is 1.72 bits per heavy atom. The predicted molar refractivity (Wildman–Crippen MR) is 153 cm³/mol. The minimum Gasteiger partial charge on any atom is -0.493 e. The summed E-state index contributed by atoms with van der Waals surface area (Å²) in [4.78, 5) is 21.6. The lowest BCUT2D eigenvalue weighted by Gasteiger charge is -2.34. The van der Waals surface area contributed by atoms with Gasteiger partial charge >= 0.3 is 0 Å². The molecule has 0 radical (unpaired) electrons. The number of hydrogen-bond acceptors (Lipinski definition) is 6. The summed E-state index contributed by atoms with van der Waals surface area (Å²) < 4.78 is 17.3. The molecule has 0 atom stereocenters. The standard InChI is InChI=1S/C31H38N4O4/c1-37-29-10-5-7-24-22(21-39-30(24)29)20-38-28-9-6-8-26-25(28)19-27(33-26)31(36)32-23-11-15-35(16-12-23)18-17-34-13-3-2-4-14-34/h5-10,19,21,23,33H,2-4,11-18,20H2,1H3,(H,32,36). The number of nitrogens with one attached hydrogen (secondary N) is 2. The number of rotatable bonds is 9. The van der Waals surface area contributed by atoms with Crippen LogP contribution in [0.2, 0.25) is 0 Å². The first kappa shape index (κ1) is 25.8. The second-order valence-electron chi connectivity index (χ2n) is 10.8. The Kier molecular flexibility index (Phi) is 7.74. The topological polar surface area (TPSA) is 83.0 Å². The molecule has 2 aliphatic heterocycles. The number of piperidine rings is 2. The van der Waals surface area contributed by atoms with Gasteiger partial charge in [-0.1, -0.05) is 24.6 Å². The highest BCUT2D eigenvalue weighted by molar-refractivity contribution is 5.99. The van der Waals surface area contributed by atoms with E-state index in [1.165, 1.54) is 38.9 Å². The lowest BCUT2D eigenvalue weighted by Crippen LogP contribution is -2.46. The highest BCUT2D eigenvalue weighted by atomic mass is 16.5. The molecule has 0 saturated carbocycles. The van der Waals surface area contributed by atoms with E-state index in [9.17, 15) is 4.79 Å². The van der Waals surface area contributed by atoms with Gasteiger partial charge in [0.05, 0.1) is 13.4 Å². The molecule has 8 heteroatoms. The molecule has 0 aliphatic carbocycles. The monoisotopic (exact) mass is 530 g/mol. The molecule has 0 spiro atoms. The molecular formula is C31H38N4O4. The van der Waals surface area contributed by atoms with Gasteiger partial charge in [-0.15, -0.1) is 0 Å². The van der Waals surface area contributed by atoms with Gasteiger partial charge in [0.15, 0.2) is 11.3 Å². The van der Waals surface area contributed by atoms with E-state index in [1.54, 1.807) is 13.4 Å². The first-order chi connectivity index (χ1) is 19.2. The predicted octanol–water partition coefficient (Wildman–Crippen LogP) is 5.18. The van der Waals surface area contributed by atoms with Crippen molar-refractivity contribution in [3.63, 3.8) is 0 Å². The van der Waals surface area contributed by atoms with Crippen LogP contribution in [0.1, 0.15) is 48.2 Å². The van der Waals surface area contributed by atoms with Crippen LogP contribution in [0, 0.1) is 0 Å². The van der Waals surface area contributed by atoms with Crippen molar-refractivity contribution in [2.24, 2.45) is 0 Å². The summed E-state index contributed by atoms with van der Waals surface area (Å²) in [5, 5.41) is 5.11. The number of fused-ring (bicyclic) bond motifs is 2. The molecular weight excluding hydrogens is 492 g/mol. The van der Waals surface area contributed by atoms with E-state index in [-0.39, 0.29) is 11.9 Å². The van der Waals surface area contributed by atoms with Crippen molar-refractivity contribution in [2.45, 2.75) is 44.8 Å². The SMILES string of the molecule is COc1cccc2c(COc3cccc4[nH]c(C(=O)NC5CCN(CCN6CCCCC6)CC5)cc34)coc12. The average molecular weight is 531 g/mol. The number of hydrogen-bond donors (Lipinski definition) is 2. The van der Waals surface area contributed by atoms with Crippen LogP contribution in [0.25, 0.3) is 21.9 Å². The number of furan rings is 1. The van der Waals surface area contributed by atoms with Crippen molar-refractivity contribution in [1.82, 2.24) is 20.1 Å². The number of methoxy groups -OCH3 is 1. The number of aromatic amines is 1. The zero-order valence-electron chi connectivity index (χ0n) is 22.7. The summed E-state index contributed by atoms with van der Waals surface area (Å²) in [6.45, 7) is 7.23. The number of para-hydroxylation sites is 1. The Labute approximate surface area is 229 Å². The van der Waals surface area contributed by atoms with E-state index in [1.807, 2.05) is 42.5 Å². The van der Waals surface area contributed by atoms with Crippen molar-refractivity contribution in [1.29, 1.82) is 0 Å². The van der Waals surface area contributed by atoms with Gasteiger partial charge in [0.25, 0.3) is 5.91 Å². The number of carbonyl (C=O) groups excluding carboxylic acids is 1.